The van der Waals surface area contributed by atoms with Crippen molar-refractivity contribution >= 4 is 29.2 Å². The number of amidine groups is 1. The monoisotopic (exact) mass is 564 g/mol. The van der Waals surface area contributed by atoms with E-state index in [0.29, 0.717) is 42.2 Å². The predicted molar refractivity (Wildman–Crippen MR) is 157 cm³/mol. The minimum atomic E-state index is -0.861. The molecular formula is C31H40N4O6. The van der Waals surface area contributed by atoms with Gasteiger partial charge in [0.1, 0.15) is 17.3 Å². The third-order valence-corrected chi connectivity index (χ3v) is 7.47. The van der Waals surface area contributed by atoms with E-state index in [2.05, 4.69) is 25.7 Å². The van der Waals surface area contributed by atoms with Gasteiger partial charge in [-0.1, -0.05) is 20.8 Å². The molecular weight excluding hydrogens is 524 g/mol. The molecule has 2 heterocycles. The van der Waals surface area contributed by atoms with Crippen molar-refractivity contribution in [2.45, 2.75) is 65.3 Å². The largest absolute Gasteiger partial charge is 0.493 e. The van der Waals surface area contributed by atoms with Gasteiger partial charge in [-0.2, -0.15) is 0 Å². The van der Waals surface area contributed by atoms with Crippen LogP contribution in [0.2, 0.25) is 0 Å². The molecule has 4 rings (SSSR count). The molecule has 1 fully saturated rings. The Bertz CT molecular complexity index is 1360. The highest BCUT2D eigenvalue weighted by Crippen LogP contribution is 2.42. The summed E-state index contributed by atoms with van der Waals surface area (Å²) >= 11 is 0. The number of rotatable bonds is 12. The Morgan fingerprint density at radius 1 is 1.07 bits per heavy atom. The van der Waals surface area contributed by atoms with Gasteiger partial charge in [0, 0.05) is 42.7 Å². The lowest BCUT2D eigenvalue weighted by Crippen LogP contribution is -2.31. The van der Waals surface area contributed by atoms with Crippen molar-refractivity contribution in [3.8, 4) is 11.5 Å². The smallest absolute Gasteiger partial charge is 0.303 e. The van der Waals surface area contributed by atoms with Gasteiger partial charge in [-0.15, -0.1) is 0 Å². The fourth-order valence-electron chi connectivity index (χ4n) is 5.37. The minimum Gasteiger partial charge on any atom is -0.493 e. The van der Waals surface area contributed by atoms with Gasteiger partial charge in [-0.25, -0.2) is 0 Å². The molecule has 2 aromatic carbocycles. The number of ketones is 1. The third kappa shape index (κ3) is 6.64. The van der Waals surface area contributed by atoms with Crippen LogP contribution in [0.3, 0.4) is 0 Å². The number of Topliss-reactive ketones (excluding diaryl/α,β-unsaturated/α-hetero) is 1. The number of aliphatic carboxylic acids is 1. The predicted octanol–water partition coefficient (Wildman–Crippen LogP) is 4.35. The minimum absolute atomic E-state index is 0.00871. The first kappa shape index (κ1) is 29.9. The lowest BCUT2D eigenvalue weighted by Gasteiger charge is -2.30. The zero-order valence-corrected chi connectivity index (χ0v) is 24.3. The van der Waals surface area contributed by atoms with E-state index < -0.39 is 11.9 Å². The highest BCUT2D eigenvalue weighted by Gasteiger charge is 2.31. The van der Waals surface area contributed by atoms with Crippen LogP contribution in [-0.2, 0) is 16.8 Å². The molecule has 0 aliphatic carbocycles. The number of fused-ring (bicyclic) bond motifs is 1. The summed E-state index contributed by atoms with van der Waals surface area (Å²) in [6.07, 6.45) is 2.50. The van der Waals surface area contributed by atoms with E-state index in [0.717, 1.165) is 42.7 Å². The maximum Gasteiger partial charge on any atom is 0.303 e. The van der Waals surface area contributed by atoms with Gasteiger partial charge in [0.25, 0.3) is 5.91 Å². The highest BCUT2D eigenvalue weighted by atomic mass is 16.5. The first-order valence-corrected chi connectivity index (χ1v) is 14.1. The number of benzene rings is 2. The third-order valence-electron chi connectivity index (χ3n) is 7.47. The zero-order chi connectivity index (χ0) is 29.9. The molecule has 0 unspecified atom stereocenters. The van der Waals surface area contributed by atoms with Crippen molar-refractivity contribution in [2.24, 2.45) is 5.73 Å². The topological polar surface area (TPSA) is 146 Å². The van der Waals surface area contributed by atoms with E-state index in [1.807, 2.05) is 19.1 Å². The van der Waals surface area contributed by atoms with Gasteiger partial charge in [-0.3, -0.25) is 19.8 Å². The van der Waals surface area contributed by atoms with Gasteiger partial charge < -0.3 is 30.1 Å². The maximum atomic E-state index is 13.8. The normalized spacial score (nSPS) is 14.8. The van der Waals surface area contributed by atoms with Crippen LogP contribution < -0.4 is 20.1 Å². The van der Waals surface area contributed by atoms with Crippen LogP contribution in [0, 0.1) is 5.41 Å². The molecule has 0 aromatic heterocycles. The number of nitrogens with zero attached hydrogens (tertiary/aromatic N) is 2. The van der Waals surface area contributed by atoms with E-state index in [1.54, 1.807) is 17.0 Å². The van der Waals surface area contributed by atoms with Gasteiger partial charge in [0.15, 0.2) is 5.78 Å². The van der Waals surface area contributed by atoms with E-state index in [9.17, 15) is 14.4 Å². The van der Waals surface area contributed by atoms with E-state index in [-0.39, 0.29) is 42.2 Å². The molecule has 0 spiro atoms. The second-order valence-corrected chi connectivity index (χ2v) is 11.6. The van der Waals surface area contributed by atoms with Crippen molar-refractivity contribution in [3.05, 3.63) is 52.1 Å². The van der Waals surface area contributed by atoms with Gasteiger partial charge in [0.05, 0.1) is 31.0 Å². The molecule has 1 saturated heterocycles. The standard InChI is InChI=1S/C31H40N4O6/c1-5-40-26-15-20-17-35(29(32)21(20)16-22(26)30(33)39)18-25(36)19-13-23(31(2,3)4)28(41-12-8-9-27(37)38)24(14-19)34-10-6-7-11-34/h13-16,32H,5-12,17-18H2,1-4H3,(H2,33,39)(H,37,38). The van der Waals surface area contributed by atoms with Crippen LogP contribution in [0.4, 0.5) is 5.69 Å². The second kappa shape index (κ2) is 12.2. The molecule has 0 saturated carbocycles. The van der Waals surface area contributed by atoms with Crippen LogP contribution in [-0.4, -0.2) is 66.3 Å². The van der Waals surface area contributed by atoms with Gasteiger partial charge >= 0.3 is 5.97 Å². The van der Waals surface area contributed by atoms with Gasteiger partial charge in [-0.05, 0) is 61.4 Å². The summed E-state index contributed by atoms with van der Waals surface area (Å²) in [5, 5.41) is 17.8. The number of carboxylic acid groups (broad SMARTS) is 1. The Morgan fingerprint density at radius 3 is 2.39 bits per heavy atom. The Kier molecular flexibility index (Phi) is 8.89. The maximum absolute atomic E-state index is 13.8. The summed E-state index contributed by atoms with van der Waals surface area (Å²) in [7, 11) is 0. The number of carbonyl (C=O) groups excluding carboxylic acids is 2. The number of nitrogens with two attached hydrogens (primary N) is 1. The molecule has 4 N–H and O–H groups in total. The molecule has 2 aliphatic heterocycles. The lowest BCUT2D eigenvalue weighted by atomic mass is 9.84. The number of nitrogens with one attached hydrogen (secondary N) is 1. The molecule has 2 aliphatic rings. The molecule has 0 radical (unpaired) electrons. The Balaban J connectivity index is 1.64. The number of hydrogen-bond donors (Lipinski definition) is 3. The first-order valence-electron chi connectivity index (χ1n) is 14.1. The molecule has 1 amide bonds. The first-order chi connectivity index (χ1) is 19.4. The molecule has 220 valence electrons. The van der Waals surface area contributed by atoms with Crippen molar-refractivity contribution < 1.29 is 29.0 Å². The summed E-state index contributed by atoms with van der Waals surface area (Å²) < 4.78 is 11.8. The summed E-state index contributed by atoms with van der Waals surface area (Å²) in [5.74, 6) is -0.388. The van der Waals surface area contributed by atoms with Crippen molar-refractivity contribution in [1.82, 2.24) is 4.90 Å². The van der Waals surface area contributed by atoms with Crippen molar-refractivity contribution in [3.63, 3.8) is 0 Å². The van der Waals surface area contributed by atoms with Crippen molar-refractivity contribution in [2.75, 3.05) is 37.7 Å². The number of ether oxygens (including phenoxy) is 2. The number of amides is 1. The van der Waals surface area contributed by atoms with Crippen LogP contribution in [0.15, 0.2) is 24.3 Å². The number of primary amides is 1. The number of carbonyl (C=O) groups is 3. The van der Waals surface area contributed by atoms with Crippen LogP contribution in [0.5, 0.6) is 11.5 Å². The molecule has 41 heavy (non-hydrogen) atoms. The zero-order valence-electron chi connectivity index (χ0n) is 24.3. The quantitative estimate of drug-likeness (QED) is 0.255. The Labute approximate surface area is 240 Å². The summed E-state index contributed by atoms with van der Waals surface area (Å²) in [6, 6.07) is 7.06. The van der Waals surface area contributed by atoms with Gasteiger partial charge in [0.2, 0.25) is 0 Å². The summed E-state index contributed by atoms with van der Waals surface area (Å²) in [5.41, 5.74) is 9.06. The van der Waals surface area contributed by atoms with Crippen LogP contribution >= 0.6 is 0 Å². The molecule has 2 aromatic rings. The fourth-order valence-corrected chi connectivity index (χ4v) is 5.37. The summed E-state index contributed by atoms with van der Waals surface area (Å²) in [4.78, 5) is 40.7. The average molecular weight is 565 g/mol. The number of carboxylic acids is 1. The Hall–Kier alpha value is -4.08. The molecule has 0 atom stereocenters. The lowest BCUT2D eigenvalue weighted by molar-refractivity contribution is -0.137. The molecule has 10 nitrogen and oxygen atoms in total. The van der Waals surface area contributed by atoms with Crippen LogP contribution in [0.25, 0.3) is 0 Å². The molecule has 10 heteroatoms. The van der Waals surface area contributed by atoms with E-state index in [4.69, 9.17) is 25.7 Å². The molecule has 0 bridgehead atoms. The van der Waals surface area contributed by atoms with E-state index >= 15 is 0 Å². The number of hydrogen-bond acceptors (Lipinski definition) is 7. The highest BCUT2D eigenvalue weighted by molar-refractivity contribution is 6.07. The van der Waals surface area contributed by atoms with E-state index in [1.165, 1.54) is 0 Å². The summed E-state index contributed by atoms with van der Waals surface area (Å²) in [6.45, 7) is 10.7. The SMILES string of the molecule is CCOc1cc2c(cc1C(N)=O)C(=N)N(CC(=O)c1cc(N3CCCC3)c(OCCCC(=O)O)c(C(C)(C)C)c1)C2. The van der Waals surface area contributed by atoms with Crippen molar-refractivity contribution in [1.29, 1.82) is 5.41 Å². The van der Waals surface area contributed by atoms with Crippen LogP contribution in [0.1, 0.15) is 90.8 Å². The fraction of sp³-hybridized carbons (Fsp3) is 0.484. The average Bonchev–Trinajstić information content (AvgIpc) is 3.54. The Morgan fingerprint density at radius 2 is 1.78 bits per heavy atom. The second-order valence-electron chi connectivity index (χ2n) is 11.6. The number of anilines is 1.